The molecule has 0 N–H and O–H groups in total. The van der Waals surface area contributed by atoms with Gasteiger partial charge in [-0.15, -0.1) is 11.3 Å². The van der Waals surface area contributed by atoms with Crippen LogP contribution in [0, 0.1) is 0 Å². The summed E-state index contributed by atoms with van der Waals surface area (Å²) in [5, 5.41) is 2.14. The number of rotatable bonds is 2. The van der Waals surface area contributed by atoms with Crippen LogP contribution >= 0.6 is 11.3 Å². The quantitative estimate of drug-likeness (QED) is 0.822. The van der Waals surface area contributed by atoms with Crippen LogP contribution in [0.1, 0.15) is 24.3 Å². The Balaban J connectivity index is 1.58. The Bertz CT molecular complexity index is 563. The summed E-state index contributed by atoms with van der Waals surface area (Å²) in [6, 6.07) is 2.09. The third-order valence-electron chi connectivity index (χ3n) is 4.78. The molecular weight excluding hydrogens is 298 g/mol. The second kappa shape index (κ2) is 6.38. The second-order valence-electron chi connectivity index (χ2n) is 6.10. The fourth-order valence-corrected chi connectivity index (χ4v) is 4.15. The summed E-state index contributed by atoms with van der Waals surface area (Å²) < 4.78 is 0. The zero-order valence-electron chi connectivity index (χ0n) is 13.2. The Hall–Kier alpha value is -1.40. The normalized spacial score (nSPS) is 20.6. The maximum atomic E-state index is 12.7. The van der Waals surface area contributed by atoms with Crippen molar-refractivity contribution in [3.05, 3.63) is 21.9 Å². The van der Waals surface area contributed by atoms with E-state index >= 15 is 0 Å². The molecule has 0 unspecified atom stereocenters. The van der Waals surface area contributed by atoms with Gasteiger partial charge in [-0.05, 0) is 30.4 Å². The topological polar surface area (TPSA) is 43.9 Å². The summed E-state index contributed by atoms with van der Waals surface area (Å²) in [5.41, 5.74) is 1.37. The monoisotopic (exact) mass is 321 g/mol. The smallest absolute Gasteiger partial charge is 0.239 e. The Morgan fingerprint density at radius 3 is 2.50 bits per heavy atom. The molecule has 2 aliphatic rings. The molecule has 0 aromatic carbocycles. The van der Waals surface area contributed by atoms with Gasteiger partial charge < -0.3 is 9.80 Å². The third-order valence-corrected chi connectivity index (χ3v) is 5.80. The lowest BCUT2D eigenvalue weighted by Crippen LogP contribution is -2.55. The van der Waals surface area contributed by atoms with Gasteiger partial charge in [0.15, 0.2) is 0 Å². The van der Waals surface area contributed by atoms with Crippen LogP contribution in [-0.2, 0) is 22.6 Å². The number of thiophene rings is 1. The number of piperazine rings is 1. The van der Waals surface area contributed by atoms with Gasteiger partial charge in [-0.2, -0.15) is 0 Å². The van der Waals surface area contributed by atoms with Crippen molar-refractivity contribution in [2.24, 2.45) is 0 Å². The molecule has 0 bridgehead atoms. The summed E-state index contributed by atoms with van der Waals surface area (Å²) >= 11 is 1.82. The molecule has 1 saturated heterocycles. The molecular formula is C16H23N3O2S. The van der Waals surface area contributed by atoms with E-state index in [2.05, 4.69) is 16.3 Å². The van der Waals surface area contributed by atoms with Crippen LogP contribution in [0.2, 0.25) is 0 Å². The highest BCUT2D eigenvalue weighted by molar-refractivity contribution is 7.10. The number of fused-ring (bicyclic) bond motifs is 1. The minimum absolute atomic E-state index is 0.0862. The van der Waals surface area contributed by atoms with Crippen molar-refractivity contribution in [2.75, 3.05) is 32.7 Å². The van der Waals surface area contributed by atoms with Crippen LogP contribution in [0.4, 0.5) is 0 Å². The van der Waals surface area contributed by atoms with E-state index < -0.39 is 0 Å². The largest absolute Gasteiger partial charge is 0.339 e. The highest BCUT2D eigenvalue weighted by Gasteiger charge is 2.30. The first-order valence-corrected chi connectivity index (χ1v) is 8.78. The first kappa shape index (κ1) is 15.5. The molecule has 120 valence electrons. The molecule has 2 aliphatic heterocycles. The zero-order chi connectivity index (χ0) is 15.7. The number of hydrogen-bond donors (Lipinski definition) is 0. The molecule has 22 heavy (non-hydrogen) atoms. The van der Waals surface area contributed by atoms with Crippen LogP contribution < -0.4 is 0 Å². The predicted octanol–water partition coefficient (Wildman–Crippen LogP) is 1.19. The van der Waals surface area contributed by atoms with E-state index in [1.807, 2.05) is 28.1 Å². The molecule has 0 saturated carbocycles. The maximum Gasteiger partial charge on any atom is 0.239 e. The predicted molar refractivity (Wildman–Crippen MR) is 86.7 cm³/mol. The maximum absolute atomic E-state index is 12.7. The number of amides is 2. The van der Waals surface area contributed by atoms with E-state index in [4.69, 9.17) is 0 Å². The first-order valence-electron chi connectivity index (χ1n) is 7.90. The lowest BCUT2D eigenvalue weighted by atomic mass is 10.1. The van der Waals surface area contributed by atoms with E-state index in [0.717, 1.165) is 19.5 Å². The Labute approximate surface area is 135 Å². The summed E-state index contributed by atoms with van der Waals surface area (Å²) in [6.45, 7) is 8.04. The van der Waals surface area contributed by atoms with Gasteiger partial charge in [0.25, 0.3) is 0 Å². The summed E-state index contributed by atoms with van der Waals surface area (Å²) in [6.07, 6.45) is 1.04. The molecule has 1 atom stereocenters. The van der Waals surface area contributed by atoms with Gasteiger partial charge in [-0.25, -0.2) is 0 Å². The first-order chi connectivity index (χ1) is 10.6. The van der Waals surface area contributed by atoms with Gasteiger partial charge in [0, 0.05) is 51.1 Å². The van der Waals surface area contributed by atoms with E-state index in [9.17, 15) is 9.59 Å². The number of carbonyl (C=O) groups is 2. The lowest BCUT2D eigenvalue weighted by molar-refractivity contribution is -0.142. The highest BCUT2D eigenvalue weighted by atomic mass is 32.1. The molecule has 6 heteroatoms. The van der Waals surface area contributed by atoms with Crippen molar-refractivity contribution in [3.63, 3.8) is 0 Å². The lowest BCUT2D eigenvalue weighted by Gasteiger charge is -2.38. The molecule has 5 nitrogen and oxygen atoms in total. The molecule has 3 rings (SSSR count). The Morgan fingerprint density at radius 2 is 1.82 bits per heavy atom. The number of carbonyl (C=O) groups excluding carboxylic acids is 2. The average molecular weight is 321 g/mol. The second-order valence-corrected chi connectivity index (χ2v) is 7.10. The fourth-order valence-electron chi connectivity index (χ4n) is 3.26. The van der Waals surface area contributed by atoms with Gasteiger partial charge in [0.05, 0.1) is 6.04 Å². The van der Waals surface area contributed by atoms with Gasteiger partial charge in [-0.1, -0.05) is 0 Å². The molecule has 1 aromatic heterocycles. The van der Waals surface area contributed by atoms with Crippen molar-refractivity contribution in [1.29, 1.82) is 0 Å². The summed E-state index contributed by atoms with van der Waals surface area (Å²) in [5.74, 6) is 0.294. The molecule has 0 radical (unpaired) electrons. The molecule has 1 aromatic rings. The van der Waals surface area contributed by atoms with Crippen molar-refractivity contribution < 1.29 is 9.59 Å². The van der Waals surface area contributed by atoms with Crippen molar-refractivity contribution >= 4 is 23.2 Å². The minimum atomic E-state index is -0.0862. The van der Waals surface area contributed by atoms with Gasteiger partial charge in [0.1, 0.15) is 0 Å². The zero-order valence-corrected chi connectivity index (χ0v) is 14.1. The van der Waals surface area contributed by atoms with E-state index in [-0.39, 0.29) is 17.9 Å². The molecule has 0 spiro atoms. The summed E-state index contributed by atoms with van der Waals surface area (Å²) in [7, 11) is 0. The van der Waals surface area contributed by atoms with Crippen molar-refractivity contribution in [3.8, 4) is 0 Å². The standard InChI is InChI=1S/C16H23N3O2S/c1-12(19-5-3-15-14(11-19)4-10-22-15)16(21)18-8-6-17(7-9-18)13(2)20/h4,10,12H,3,5-9,11H2,1-2H3/t12-/m1/s1. The van der Waals surface area contributed by atoms with Gasteiger partial charge in [0.2, 0.25) is 11.8 Å². The van der Waals surface area contributed by atoms with Gasteiger partial charge in [-0.3, -0.25) is 14.5 Å². The minimum Gasteiger partial charge on any atom is -0.339 e. The summed E-state index contributed by atoms with van der Waals surface area (Å²) in [4.78, 5) is 31.5. The molecule has 2 amide bonds. The van der Waals surface area contributed by atoms with Crippen LogP contribution in [0.5, 0.6) is 0 Å². The molecule has 0 aliphatic carbocycles. The molecule has 1 fully saturated rings. The van der Waals surface area contributed by atoms with Crippen LogP contribution in [0.25, 0.3) is 0 Å². The van der Waals surface area contributed by atoms with E-state index in [1.54, 1.807) is 6.92 Å². The van der Waals surface area contributed by atoms with Gasteiger partial charge >= 0.3 is 0 Å². The molecule has 3 heterocycles. The number of hydrogen-bond acceptors (Lipinski definition) is 4. The Morgan fingerprint density at radius 1 is 1.14 bits per heavy atom. The average Bonchev–Trinajstić information content (AvgIpc) is 3.01. The Kier molecular flexibility index (Phi) is 4.49. The van der Waals surface area contributed by atoms with Crippen LogP contribution in [0.15, 0.2) is 11.4 Å². The van der Waals surface area contributed by atoms with E-state index in [1.165, 1.54) is 10.4 Å². The SMILES string of the molecule is CC(=O)N1CCN(C(=O)[C@@H](C)N2CCc3sccc3C2)CC1. The van der Waals surface area contributed by atoms with Crippen LogP contribution in [-0.4, -0.2) is 65.3 Å². The fraction of sp³-hybridized carbons (Fsp3) is 0.625. The van der Waals surface area contributed by atoms with Crippen molar-refractivity contribution in [1.82, 2.24) is 14.7 Å². The van der Waals surface area contributed by atoms with E-state index in [0.29, 0.717) is 26.2 Å². The highest BCUT2D eigenvalue weighted by Crippen LogP contribution is 2.25. The van der Waals surface area contributed by atoms with Crippen LogP contribution in [0.3, 0.4) is 0 Å². The van der Waals surface area contributed by atoms with Crippen molar-refractivity contribution in [2.45, 2.75) is 32.9 Å². The number of nitrogens with zero attached hydrogens (tertiary/aromatic N) is 3. The third kappa shape index (κ3) is 3.03.